The van der Waals surface area contributed by atoms with Gasteiger partial charge in [-0.2, -0.15) is 0 Å². The first-order valence-electron chi connectivity index (χ1n) is 7.10. The largest absolute Gasteiger partial charge is 0.460 e. The molecule has 0 unspecified atom stereocenters. The Labute approximate surface area is 138 Å². The Bertz CT molecular complexity index is 657. The van der Waals surface area contributed by atoms with Gasteiger partial charge in [0.15, 0.2) is 5.82 Å². The van der Waals surface area contributed by atoms with Crippen LogP contribution in [0.2, 0.25) is 0 Å². The molecule has 1 aromatic heterocycles. The Morgan fingerprint density at radius 2 is 2.09 bits per heavy atom. The fourth-order valence-electron chi connectivity index (χ4n) is 1.70. The minimum atomic E-state index is -0.406. The summed E-state index contributed by atoms with van der Waals surface area (Å²) in [6, 6.07) is 11.1. The van der Waals surface area contributed by atoms with Crippen molar-refractivity contribution in [2.75, 3.05) is 11.1 Å². The van der Waals surface area contributed by atoms with Crippen LogP contribution in [0.15, 0.2) is 40.9 Å². The monoisotopic (exact) mass is 334 g/mol. The summed E-state index contributed by atoms with van der Waals surface area (Å²) in [4.78, 5) is 23.7. The molecule has 0 saturated heterocycles. The number of ether oxygens (including phenoxy) is 1. The Kier molecular flexibility index (Phi) is 6.22. The van der Waals surface area contributed by atoms with Gasteiger partial charge in [-0.1, -0.05) is 35.5 Å². The molecule has 0 aliphatic carbocycles. The van der Waals surface area contributed by atoms with E-state index in [-0.39, 0.29) is 24.2 Å². The van der Waals surface area contributed by atoms with Crippen molar-refractivity contribution >= 4 is 29.5 Å². The molecule has 1 N–H and O–H groups in total. The normalized spacial score (nSPS) is 11.7. The highest BCUT2D eigenvalue weighted by Crippen LogP contribution is 2.15. The summed E-state index contributed by atoms with van der Waals surface area (Å²) in [6.07, 6.45) is 0. The fraction of sp³-hybridized carbons (Fsp3) is 0.312. The van der Waals surface area contributed by atoms with Crippen LogP contribution in [0.3, 0.4) is 0 Å². The minimum absolute atomic E-state index is 0.110. The standard InChI is InChI=1S/C16H18N2O4S/c1-11-8-14(18-22-11)17-16(20)12(2)23-10-15(19)21-9-13-6-4-3-5-7-13/h3-8,12H,9-10H2,1-2H3,(H,17,18,20)/t12-/m1/s1. The van der Waals surface area contributed by atoms with E-state index in [1.54, 1.807) is 19.9 Å². The van der Waals surface area contributed by atoms with Gasteiger partial charge in [0.05, 0.1) is 11.0 Å². The maximum atomic E-state index is 11.9. The number of aryl methyl sites for hydroxylation is 1. The van der Waals surface area contributed by atoms with Crippen molar-refractivity contribution in [3.05, 3.63) is 47.7 Å². The summed E-state index contributed by atoms with van der Waals surface area (Å²) < 4.78 is 10.0. The zero-order valence-electron chi connectivity index (χ0n) is 12.9. The van der Waals surface area contributed by atoms with Crippen LogP contribution in [-0.4, -0.2) is 28.0 Å². The highest BCUT2D eigenvalue weighted by atomic mass is 32.2. The third-order valence-electron chi connectivity index (χ3n) is 2.94. The van der Waals surface area contributed by atoms with Gasteiger partial charge in [0.2, 0.25) is 5.91 Å². The molecule has 0 fully saturated rings. The predicted octanol–water partition coefficient (Wildman–Crippen LogP) is 2.79. The molecule has 6 nitrogen and oxygen atoms in total. The highest BCUT2D eigenvalue weighted by molar-refractivity contribution is 8.01. The van der Waals surface area contributed by atoms with Crippen LogP contribution in [0.5, 0.6) is 0 Å². The Hall–Kier alpha value is -2.28. The lowest BCUT2D eigenvalue weighted by Crippen LogP contribution is -2.24. The number of rotatable bonds is 7. The second-order valence-electron chi connectivity index (χ2n) is 4.91. The molecule has 2 rings (SSSR count). The first-order valence-corrected chi connectivity index (χ1v) is 8.15. The molecule has 0 bridgehead atoms. The molecule has 0 radical (unpaired) electrons. The number of nitrogens with one attached hydrogen (secondary N) is 1. The van der Waals surface area contributed by atoms with Gasteiger partial charge < -0.3 is 14.6 Å². The van der Waals surface area contributed by atoms with Crippen molar-refractivity contribution in [1.82, 2.24) is 5.16 Å². The number of hydrogen-bond donors (Lipinski definition) is 1. The molecule has 7 heteroatoms. The number of hydrogen-bond acceptors (Lipinski definition) is 6. The number of amides is 1. The Balaban J connectivity index is 1.69. The quantitative estimate of drug-likeness (QED) is 0.784. The maximum absolute atomic E-state index is 11.9. The maximum Gasteiger partial charge on any atom is 0.316 e. The molecule has 122 valence electrons. The molecule has 1 atom stereocenters. The van der Waals surface area contributed by atoms with E-state index < -0.39 is 5.25 Å². The van der Waals surface area contributed by atoms with E-state index in [0.29, 0.717) is 11.6 Å². The van der Waals surface area contributed by atoms with Crippen LogP contribution >= 0.6 is 11.8 Å². The summed E-state index contributed by atoms with van der Waals surface area (Å²) in [7, 11) is 0. The third kappa shape index (κ3) is 5.78. The van der Waals surface area contributed by atoms with Crippen LogP contribution in [0.4, 0.5) is 5.82 Å². The van der Waals surface area contributed by atoms with Gasteiger partial charge in [-0.05, 0) is 19.4 Å². The van der Waals surface area contributed by atoms with Crippen LogP contribution in [-0.2, 0) is 20.9 Å². The van der Waals surface area contributed by atoms with E-state index in [1.807, 2.05) is 30.3 Å². The molecule has 0 saturated carbocycles. The van der Waals surface area contributed by atoms with Crippen LogP contribution in [0.1, 0.15) is 18.2 Å². The van der Waals surface area contributed by atoms with Gasteiger partial charge in [0, 0.05) is 6.07 Å². The molecule has 2 aromatic rings. The van der Waals surface area contributed by atoms with Crippen LogP contribution in [0, 0.1) is 6.92 Å². The lowest BCUT2D eigenvalue weighted by atomic mass is 10.2. The number of carbonyl (C=O) groups is 2. The van der Waals surface area contributed by atoms with E-state index >= 15 is 0 Å². The minimum Gasteiger partial charge on any atom is -0.460 e. The van der Waals surface area contributed by atoms with Gasteiger partial charge in [-0.25, -0.2) is 0 Å². The number of benzene rings is 1. The molecular formula is C16H18N2O4S. The second kappa shape index (κ2) is 8.38. The SMILES string of the molecule is Cc1cc(NC(=O)[C@@H](C)SCC(=O)OCc2ccccc2)no1. The molecule has 23 heavy (non-hydrogen) atoms. The van der Waals surface area contributed by atoms with E-state index in [0.717, 1.165) is 5.56 Å². The van der Waals surface area contributed by atoms with Crippen molar-refractivity contribution in [3.8, 4) is 0 Å². The molecule has 1 aromatic carbocycles. The molecule has 1 amide bonds. The Morgan fingerprint density at radius 1 is 1.35 bits per heavy atom. The lowest BCUT2D eigenvalue weighted by Gasteiger charge is -2.10. The van der Waals surface area contributed by atoms with Gasteiger partial charge >= 0.3 is 5.97 Å². The lowest BCUT2D eigenvalue weighted by molar-refractivity contribution is -0.141. The number of esters is 1. The zero-order valence-corrected chi connectivity index (χ0v) is 13.8. The summed E-state index contributed by atoms with van der Waals surface area (Å²) in [5.41, 5.74) is 0.929. The number of aromatic nitrogens is 1. The van der Waals surface area contributed by atoms with E-state index in [2.05, 4.69) is 10.5 Å². The summed E-state index contributed by atoms with van der Waals surface area (Å²) in [5, 5.41) is 5.91. The first kappa shape index (κ1) is 17.1. The van der Waals surface area contributed by atoms with Gasteiger partial charge in [0.1, 0.15) is 12.4 Å². The van der Waals surface area contributed by atoms with Gasteiger partial charge in [-0.15, -0.1) is 11.8 Å². The van der Waals surface area contributed by atoms with Crippen LogP contribution < -0.4 is 5.32 Å². The number of thioether (sulfide) groups is 1. The van der Waals surface area contributed by atoms with Crippen molar-refractivity contribution in [3.63, 3.8) is 0 Å². The second-order valence-corrected chi connectivity index (χ2v) is 6.24. The summed E-state index contributed by atoms with van der Waals surface area (Å²) in [6.45, 7) is 3.69. The van der Waals surface area contributed by atoms with Crippen LogP contribution in [0.25, 0.3) is 0 Å². The van der Waals surface area contributed by atoms with Gasteiger partial charge in [-0.3, -0.25) is 9.59 Å². The third-order valence-corrected chi connectivity index (χ3v) is 4.06. The molecule has 0 spiro atoms. The van der Waals surface area contributed by atoms with Crippen molar-refractivity contribution < 1.29 is 18.8 Å². The predicted molar refractivity (Wildman–Crippen MR) is 88.0 cm³/mol. The van der Waals surface area contributed by atoms with Crippen molar-refractivity contribution in [2.24, 2.45) is 0 Å². The summed E-state index contributed by atoms with van der Waals surface area (Å²) >= 11 is 1.21. The van der Waals surface area contributed by atoms with Gasteiger partial charge in [0.25, 0.3) is 0 Å². The average molecular weight is 334 g/mol. The Morgan fingerprint density at radius 3 is 2.74 bits per heavy atom. The average Bonchev–Trinajstić information content (AvgIpc) is 2.96. The van der Waals surface area contributed by atoms with E-state index in [9.17, 15) is 9.59 Å². The number of carbonyl (C=O) groups excluding carboxylic acids is 2. The zero-order chi connectivity index (χ0) is 16.7. The molecule has 0 aliphatic heterocycles. The van der Waals surface area contributed by atoms with E-state index in [4.69, 9.17) is 9.26 Å². The molecule has 0 aliphatic rings. The van der Waals surface area contributed by atoms with Crippen molar-refractivity contribution in [2.45, 2.75) is 25.7 Å². The molecule has 1 heterocycles. The molecular weight excluding hydrogens is 316 g/mol. The topological polar surface area (TPSA) is 81.4 Å². The summed E-state index contributed by atoms with van der Waals surface area (Å²) in [5.74, 6) is 0.505. The highest BCUT2D eigenvalue weighted by Gasteiger charge is 2.17. The first-order chi connectivity index (χ1) is 11.0. The van der Waals surface area contributed by atoms with Crippen molar-refractivity contribution in [1.29, 1.82) is 0 Å². The number of nitrogens with zero attached hydrogens (tertiary/aromatic N) is 1. The number of anilines is 1. The van der Waals surface area contributed by atoms with E-state index in [1.165, 1.54) is 11.8 Å². The fourth-order valence-corrected chi connectivity index (χ4v) is 2.38. The smallest absolute Gasteiger partial charge is 0.316 e.